The largest absolute Gasteiger partial charge is 0.423 e. The molecule has 0 aliphatic rings. The Morgan fingerprint density at radius 3 is 2.19 bits per heavy atom. The van der Waals surface area contributed by atoms with Crippen molar-refractivity contribution in [1.82, 2.24) is 0 Å². The van der Waals surface area contributed by atoms with Crippen molar-refractivity contribution in [2.24, 2.45) is 0 Å². The summed E-state index contributed by atoms with van der Waals surface area (Å²) in [6.07, 6.45) is 0. The maximum Gasteiger partial charge on any atom is 0.343 e. The number of halogens is 1. The molecule has 2 aromatic carbocycles. The van der Waals surface area contributed by atoms with Crippen molar-refractivity contribution in [2.75, 3.05) is 0 Å². The van der Waals surface area contributed by atoms with Crippen LogP contribution in [0.25, 0.3) is 0 Å². The van der Waals surface area contributed by atoms with Gasteiger partial charge in [-0.3, -0.25) is 0 Å². The summed E-state index contributed by atoms with van der Waals surface area (Å²) in [5, 5.41) is 0. The molecule has 0 fully saturated rings. The van der Waals surface area contributed by atoms with Crippen molar-refractivity contribution >= 4 is 21.9 Å². The Morgan fingerprint density at radius 1 is 1.05 bits per heavy atom. The van der Waals surface area contributed by atoms with Gasteiger partial charge in [0.2, 0.25) is 0 Å². The Labute approximate surface area is 134 Å². The lowest BCUT2D eigenvalue weighted by atomic mass is 9.87. The highest BCUT2D eigenvalue weighted by atomic mass is 79.9. The minimum atomic E-state index is -0.336. The lowest BCUT2D eigenvalue weighted by molar-refractivity contribution is 0.0734. The fourth-order valence-electron chi connectivity index (χ4n) is 1.95. The number of ether oxygens (including phenoxy) is 1. The Balaban J connectivity index is 2.15. The summed E-state index contributed by atoms with van der Waals surface area (Å²) in [7, 11) is 0. The molecule has 0 saturated carbocycles. The quantitative estimate of drug-likeness (QED) is 0.546. The summed E-state index contributed by atoms with van der Waals surface area (Å²) < 4.78 is 6.40. The molecule has 0 saturated heterocycles. The maximum absolute atomic E-state index is 12.1. The molecular formula is C18H19BrO2. The number of rotatable bonds is 2. The molecule has 21 heavy (non-hydrogen) atoms. The summed E-state index contributed by atoms with van der Waals surface area (Å²) in [5.41, 5.74) is 2.86. The standard InChI is InChI=1S/C18H19BrO2/c1-12-11-15(9-10-16(12)19)21-17(20)13-5-7-14(8-6-13)18(2,3)4/h5-11H,1-4H3. The van der Waals surface area contributed by atoms with Gasteiger partial charge in [-0.05, 0) is 53.8 Å². The number of carbonyl (C=O) groups is 1. The normalized spacial score (nSPS) is 11.3. The van der Waals surface area contributed by atoms with Crippen molar-refractivity contribution in [1.29, 1.82) is 0 Å². The molecule has 0 N–H and O–H groups in total. The molecule has 3 heteroatoms. The predicted octanol–water partition coefficient (Wildman–Crippen LogP) is 5.27. The predicted molar refractivity (Wildman–Crippen MR) is 89.0 cm³/mol. The van der Waals surface area contributed by atoms with Gasteiger partial charge in [0.05, 0.1) is 5.56 Å². The molecule has 0 unspecified atom stereocenters. The van der Waals surface area contributed by atoms with Gasteiger partial charge in [0, 0.05) is 4.47 Å². The minimum absolute atomic E-state index is 0.0747. The van der Waals surface area contributed by atoms with Crippen LogP contribution in [0, 0.1) is 6.92 Å². The van der Waals surface area contributed by atoms with Gasteiger partial charge in [-0.2, -0.15) is 0 Å². The summed E-state index contributed by atoms with van der Waals surface area (Å²) >= 11 is 3.43. The van der Waals surface area contributed by atoms with E-state index in [-0.39, 0.29) is 11.4 Å². The van der Waals surface area contributed by atoms with Gasteiger partial charge < -0.3 is 4.74 Å². The number of carbonyl (C=O) groups excluding carboxylic acids is 1. The highest BCUT2D eigenvalue weighted by Gasteiger charge is 2.15. The molecule has 2 rings (SSSR count). The van der Waals surface area contributed by atoms with E-state index in [0.29, 0.717) is 11.3 Å². The molecule has 0 heterocycles. The number of hydrogen-bond acceptors (Lipinski definition) is 2. The smallest absolute Gasteiger partial charge is 0.343 e. The van der Waals surface area contributed by atoms with Gasteiger partial charge in [-0.25, -0.2) is 4.79 Å². The third-order valence-corrected chi connectivity index (χ3v) is 4.22. The fourth-order valence-corrected chi connectivity index (χ4v) is 2.20. The van der Waals surface area contributed by atoms with Gasteiger partial charge in [0.15, 0.2) is 0 Å². The van der Waals surface area contributed by atoms with Crippen LogP contribution in [-0.4, -0.2) is 5.97 Å². The third-order valence-electron chi connectivity index (χ3n) is 3.33. The Morgan fingerprint density at radius 2 is 1.67 bits per heavy atom. The second kappa shape index (κ2) is 6.02. The van der Waals surface area contributed by atoms with E-state index >= 15 is 0 Å². The molecule has 0 aliphatic carbocycles. The molecule has 0 radical (unpaired) electrons. The first kappa shape index (κ1) is 15.8. The minimum Gasteiger partial charge on any atom is -0.423 e. The SMILES string of the molecule is Cc1cc(OC(=O)c2ccc(C(C)(C)C)cc2)ccc1Br. The topological polar surface area (TPSA) is 26.3 Å². The van der Waals surface area contributed by atoms with Crippen LogP contribution in [0.4, 0.5) is 0 Å². The van der Waals surface area contributed by atoms with Crippen LogP contribution in [0.1, 0.15) is 42.3 Å². The van der Waals surface area contributed by atoms with E-state index in [1.54, 1.807) is 6.07 Å². The van der Waals surface area contributed by atoms with Gasteiger partial charge in [-0.15, -0.1) is 0 Å². The van der Waals surface area contributed by atoms with Gasteiger partial charge >= 0.3 is 5.97 Å². The summed E-state index contributed by atoms with van der Waals surface area (Å²) in [6.45, 7) is 8.39. The van der Waals surface area contributed by atoms with E-state index in [4.69, 9.17) is 4.74 Å². The first-order valence-corrected chi connectivity index (χ1v) is 7.65. The van der Waals surface area contributed by atoms with Crippen molar-refractivity contribution in [3.05, 3.63) is 63.6 Å². The zero-order valence-corrected chi connectivity index (χ0v) is 14.3. The van der Waals surface area contributed by atoms with Crippen molar-refractivity contribution in [2.45, 2.75) is 33.1 Å². The zero-order valence-electron chi connectivity index (χ0n) is 12.7. The molecule has 0 amide bonds. The molecule has 110 valence electrons. The van der Waals surface area contributed by atoms with E-state index in [2.05, 4.69) is 36.7 Å². The second-order valence-corrected chi connectivity index (χ2v) is 6.98. The number of aryl methyl sites for hydroxylation is 1. The average Bonchev–Trinajstić information content (AvgIpc) is 2.42. The first-order chi connectivity index (χ1) is 9.77. The zero-order chi connectivity index (χ0) is 15.6. The molecule has 0 spiro atoms. The van der Waals surface area contributed by atoms with Crippen LogP contribution in [0.5, 0.6) is 5.75 Å². The fraction of sp³-hybridized carbons (Fsp3) is 0.278. The lowest BCUT2D eigenvalue weighted by Gasteiger charge is -2.18. The van der Waals surface area contributed by atoms with Crippen LogP contribution in [0.15, 0.2) is 46.9 Å². The van der Waals surface area contributed by atoms with E-state index in [0.717, 1.165) is 10.0 Å². The Hall–Kier alpha value is -1.61. The van der Waals surface area contributed by atoms with Crippen molar-refractivity contribution in [3.63, 3.8) is 0 Å². The molecule has 0 aliphatic heterocycles. The molecule has 0 bridgehead atoms. The third kappa shape index (κ3) is 3.94. The maximum atomic E-state index is 12.1. The Bertz CT molecular complexity index is 652. The van der Waals surface area contributed by atoms with Crippen LogP contribution in [-0.2, 0) is 5.41 Å². The number of benzene rings is 2. The molecule has 0 aromatic heterocycles. The van der Waals surface area contributed by atoms with E-state index < -0.39 is 0 Å². The highest BCUT2D eigenvalue weighted by molar-refractivity contribution is 9.10. The van der Waals surface area contributed by atoms with Gasteiger partial charge in [0.1, 0.15) is 5.75 Å². The van der Waals surface area contributed by atoms with E-state index in [1.807, 2.05) is 43.3 Å². The average molecular weight is 347 g/mol. The number of hydrogen-bond donors (Lipinski definition) is 0. The van der Waals surface area contributed by atoms with Crippen LogP contribution >= 0.6 is 15.9 Å². The highest BCUT2D eigenvalue weighted by Crippen LogP contribution is 2.24. The van der Waals surface area contributed by atoms with Crippen LogP contribution in [0.3, 0.4) is 0 Å². The second-order valence-electron chi connectivity index (χ2n) is 6.13. The molecule has 0 atom stereocenters. The lowest BCUT2D eigenvalue weighted by Crippen LogP contribution is -2.13. The van der Waals surface area contributed by atoms with E-state index in [9.17, 15) is 4.79 Å². The van der Waals surface area contributed by atoms with Gasteiger partial charge in [0.25, 0.3) is 0 Å². The first-order valence-electron chi connectivity index (χ1n) is 6.86. The van der Waals surface area contributed by atoms with Gasteiger partial charge in [-0.1, -0.05) is 48.8 Å². The Kier molecular flexibility index (Phi) is 4.52. The molecule has 2 aromatic rings. The molecule has 2 nitrogen and oxygen atoms in total. The van der Waals surface area contributed by atoms with E-state index in [1.165, 1.54) is 5.56 Å². The summed E-state index contributed by atoms with van der Waals surface area (Å²) in [5.74, 6) is 0.220. The van der Waals surface area contributed by atoms with Crippen molar-refractivity contribution < 1.29 is 9.53 Å². The van der Waals surface area contributed by atoms with Crippen LogP contribution < -0.4 is 4.74 Å². The summed E-state index contributed by atoms with van der Waals surface area (Å²) in [4.78, 5) is 12.1. The monoisotopic (exact) mass is 346 g/mol. The van der Waals surface area contributed by atoms with Crippen LogP contribution in [0.2, 0.25) is 0 Å². The van der Waals surface area contributed by atoms with Crippen molar-refractivity contribution in [3.8, 4) is 5.75 Å². The molecular weight excluding hydrogens is 328 g/mol. The summed E-state index contributed by atoms with van der Waals surface area (Å²) in [6, 6.07) is 13.1. The number of esters is 1.